The molecule has 0 aliphatic heterocycles. The van der Waals surface area contributed by atoms with Gasteiger partial charge in [0, 0.05) is 44.0 Å². The van der Waals surface area contributed by atoms with Crippen LogP contribution in [-0.2, 0) is 0 Å². The van der Waals surface area contributed by atoms with E-state index in [4.69, 9.17) is 4.98 Å². The van der Waals surface area contributed by atoms with Crippen LogP contribution < -0.4 is 0 Å². The Morgan fingerprint density at radius 1 is 0.298 bits per heavy atom. The fourth-order valence-electron chi connectivity index (χ4n) is 8.59. The van der Waals surface area contributed by atoms with Crippen molar-refractivity contribution in [2.45, 2.75) is 6.92 Å². The summed E-state index contributed by atoms with van der Waals surface area (Å²) in [6.45, 7) is 2.14. The van der Waals surface area contributed by atoms with E-state index in [1.807, 2.05) is 0 Å². The highest BCUT2D eigenvalue weighted by Gasteiger charge is 2.17. The number of pyridine rings is 1. The van der Waals surface area contributed by atoms with Crippen molar-refractivity contribution in [2.75, 3.05) is 0 Å². The van der Waals surface area contributed by atoms with E-state index in [0.29, 0.717) is 0 Å². The van der Waals surface area contributed by atoms with E-state index in [1.54, 1.807) is 0 Å². The van der Waals surface area contributed by atoms with Crippen molar-refractivity contribution < 1.29 is 0 Å². The molecule has 0 aliphatic carbocycles. The number of aryl methyl sites for hydroxylation is 1. The third kappa shape index (κ3) is 5.63. The number of hydrogen-bond acceptors (Lipinski definition) is 1. The Kier molecular flexibility index (Phi) is 7.71. The van der Waals surface area contributed by atoms with Gasteiger partial charge in [0.05, 0.1) is 33.5 Å². The third-order valence-corrected chi connectivity index (χ3v) is 11.4. The summed E-state index contributed by atoms with van der Waals surface area (Å²) < 4.78 is 4.82. The minimum absolute atomic E-state index is 0.941. The molecule has 0 aliphatic rings. The topological polar surface area (TPSA) is 22.8 Å². The lowest BCUT2D eigenvalue weighted by molar-refractivity contribution is 1.17. The van der Waals surface area contributed by atoms with Crippen LogP contribution in [0.15, 0.2) is 206 Å². The van der Waals surface area contributed by atoms with E-state index < -0.39 is 0 Å². The number of fused-ring (bicyclic) bond motifs is 6. The zero-order valence-electron chi connectivity index (χ0n) is 31.5. The molecule has 8 aromatic carbocycles. The highest BCUT2D eigenvalue weighted by molar-refractivity contribution is 6.12. The van der Waals surface area contributed by atoms with Crippen LogP contribution in [0.1, 0.15) is 5.56 Å². The standard InChI is InChI=1S/C54H37N3/c1-36-23-27-43(28-24-36)56-51-21-10-8-19-45(51)47-29-25-39(34-53(47)56)40-26-30-48-46-20-9-11-22-52(46)57(54(48)35-40)44-18-12-17-41(31-44)50-33-42(37-13-4-2-5-14-37)32-49(55-50)38-15-6-3-7-16-38/h2-35H,1H3. The summed E-state index contributed by atoms with van der Waals surface area (Å²) in [5.41, 5.74) is 17.0. The van der Waals surface area contributed by atoms with Gasteiger partial charge in [0.2, 0.25) is 0 Å². The fraction of sp³-hybridized carbons (Fsp3) is 0.0185. The van der Waals surface area contributed by atoms with Gasteiger partial charge < -0.3 is 9.13 Å². The predicted octanol–water partition coefficient (Wildman–Crippen LogP) is 14.3. The maximum atomic E-state index is 5.26. The first-order valence-corrected chi connectivity index (χ1v) is 19.5. The largest absolute Gasteiger partial charge is 0.309 e. The molecule has 11 rings (SSSR count). The second kappa shape index (κ2) is 13.4. The molecule has 0 spiro atoms. The molecule has 0 unspecified atom stereocenters. The molecular weight excluding hydrogens is 691 g/mol. The second-order valence-electron chi connectivity index (χ2n) is 14.9. The molecule has 3 heteroatoms. The van der Waals surface area contributed by atoms with Crippen LogP contribution in [-0.4, -0.2) is 14.1 Å². The molecule has 0 amide bonds. The first-order chi connectivity index (χ1) is 28.2. The Labute approximate surface area is 331 Å². The van der Waals surface area contributed by atoms with Gasteiger partial charge in [0.1, 0.15) is 0 Å². The van der Waals surface area contributed by atoms with Gasteiger partial charge in [-0.2, -0.15) is 0 Å². The van der Waals surface area contributed by atoms with Gasteiger partial charge >= 0.3 is 0 Å². The minimum atomic E-state index is 0.941. The van der Waals surface area contributed by atoms with Crippen molar-refractivity contribution in [3.05, 3.63) is 212 Å². The van der Waals surface area contributed by atoms with E-state index in [-0.39, 0.29) is 0 Å². The van der Waals surface area contributed by atoms with E-state index in [9.17, 15) is 0 Å². The average Bonchev–Trinajstić information content (AvgIpc) is 3.79. The molecule has 0 saturated heterocycles. The Morgan fingerprint density at radius 3 is 1.40 bits per heavy atom. The summed E-state index contributed by atoms with van der Waals surface area (Å²) in [4.78, 5) is 5.26. The number of rotatable bonds is 6. The number of hydrogen-bond donors (Lipinski definition) is 0. The van der Waals surface area contributed by atoms with Crippen LogP contribution in [0, 0.1) is 6.92 Å². The number of benzene rings is 8. The second-order valence-corrected chi connectivity index (χ2v) is 14.9. The van der Waals surface area contributed by atoms with Gasteiger partial charge in [0.15, 0.2) is 0 Å². The third-order valence-electron chi connectivity index (χ3n) is 11.4. The Bertz CT molecular complexity index is 3220. The van der Waals surface area contributed by atoms with Gasteiger partial charge in [-0.1, -0.05) is 151 Å². The Hall–Kier alpha value is -7.49. The summed E-state index contributed by atoms with van der Waals surface area (Å²) in [7, 11) is 0. The highest BCUT2D eigenvalue weighted by Crippen LogP contribution is 2.39. The Balaban J connectivity index is 1.08. The average molecular weight is 728 g/mol. The summed E-state index contributed by atoms with van der Waals surface area (Å²) in [6, 6.07) is 74.5. The number of nitrogens with zero attached hydrogens (tertiary/aromatic N) is 3. The zero-order valence-corrected chi connectivity index (χ0v) is 31.5. The quantitative estimate of drug-likeness (QED) is 0.167. The molecule has 0 fully saturated rings. The van der Waals surface area contributed by atoms with Gasteiger partial charge in [0.25, 0.3) is 0 Å². The molecule has 11 aromatic rings. The van der Waals surface area contributed by atoms with Crippen molar-refractivity contribution in [2.24, 2.45) is 0 Å². The molecule has 0 radical (unpaired) electrons. The first-order valence-electron chi connectivity index (χ1n) is 19.5. The normalized spacial score (nSPS) is 11.6. The van der Waals surface area contributed by atoms with Crippen LogP contribution in [0.4, 0.5) is 0 Å². The van der Waals surface area contributed by atoms with Crippen LogP contribution in [0.5, 0.6) is 0 Å². The maximum absolute atomic E-state index is 5.26. The molecular formula is C54H37N3. The monoisotopic (exact) mass is 727 g/mol. The number of para-hydroxylation sites is 2. The predicted molar refractivity (Wildman–Crippen MR) is 239 cm³/mol. The molecule has 57 heavy (non-hydrogen) atoms. The van der Waals surface area contributed by atoms with Crippen molar-refractivity contribution in [1.82, 2.24) is 14.1 Å². The van der Waals surface area contributed by atoms with Gasteiger partial charge in [-0.15, -0.1) is 0 Å². The SMILES string of the molecule is Cc1ccc(-n2c3ccccc3c3ccc(-c4ccc5c6ccccc6n(-c6cccc(-c7cc(-c8ccccc8)cc(-c8ccccc8)n7)c6)c5c4)cc32)cc1. The molecule has 0 N–H and O–H groups in total. The van der Waals surface area contributed by atoms with E-state index in [1.165, 1.54) is 71.6 Å². The van der Waals surface area contributed by atoms with Crippen molar-refractivity contribution in [3.8, 4) is 56.1 Å². The van der Waals surface area contributed by atoms with Crippen LogP contribution in [0.3, 0.4) is 0 Å². The van der Waals surface area contributed by atoms with Crippen molar-refractivity contribution in [1.29, 1.82) is 0 Å². The van der Waals surface area contributed by atoms with Crippen LogP contribution in [0.25, 0.3) is 99.8 Å². The lowest BCUT2D eigenvalue weighted by Gasteiger charge is -2.13. The van der Waals surface area contributed by atoms with E-state index in [0.717, 1.165) is 33.8 Å². The summed E-state index contributed by atoms with van der Waals surface area (Å²) >= 11 is 0. The number of aromatic nitrogens is 3. The highest BCUT2D eigenvalue weighted by atomic mass is 15.0. The Morgan fingerprint density at radius 2 is 0.789 bits per heavy atom. The molecule has 3 nitrogen and oxygen atoms in total. The van der Waals surface area contributed by atoms with E-state index in [2.05, 4.69) is 222 Å². The summed E-state index contributed by atoms with van der Waals surface area (Å²) in [5.74, 6) is 0. The minimum Gasteiger partial charge on any atom is -0.309 e. The van der Waals surface area contributed by atoms with Crippen molar-refractivity contribution in [3.63, 3.8) is 0 Å². The molecule has 0 atom stereocenters. The van der Waals surface area contributed by atoms with Gasteiger partial charge in [-0.3, -0.25) is 0 Å². The molecule has 0 saturated carbocycles. The first kappa shape index (κ1) is 32.9. The molecule has 268 valence electrons. The summed E-state index contributed by atoms with van der Waals surface area (Å²) in [6.07, 6.45) is 0. The smallest absolute Gasteiger partial charge is 0.0716 e. The lowest BCUT2D eigenvalue weighted by Crippen LogP contribution is -1.96. The lowest BCUT2D eigenvalue weighted by atomic mass is 10.00. The van der Waals surface area contributed by atoms with Crippen LogP contribution >= 0.6 is 0 Å². The summed E-state index contributed by atoms with van der Waals surface area (Å²) in [5, 5.41) is 4.97. The molecule has 3 aromatic heterocycles. The molecule has 3 heterocycles. The van der Waals surface area contributed by atoms with Crippen molar-refractivity contribution >= 4 is 43.6 Å². The van der Waals surface area contributed by atoms with Gasteiger partial charge in [-0.25, -0.2) is 4.98 Å². The molecule has 0 bridgehead atoms. The zero-order chi connectivity index (χ0) is 37.9. The van der Waals surface area contributed by atoms with Crippen LogP contribution in [0.2, 0.25) is 0 Å². The fourth-order valence-corrected chi connectivity index (χ4v) is 8.59. The van der Waals surface area contributed by atoms with Gasteiger partial charge in [-0.05, 0) is 89.8 Å². The van der Waals surface area contributed by atoms with E-state index >= 15 is 0 Å². The maximum Gasteiger partial charge on any atom is 0.0716 e.